The van der Waals surface area contributed by atoms with Gasteiger partial charge in [0, 0.05) is 12.6 Å². The van der Waals surface area contributed by atoms with Crippen molar-refractivity contribution in [2.45, 2.75) is 18.7 Å². The summed E-state index contributed by atoms with van der Waals surface area (Å²) in [5.74, 6) is 0.556. The number of ether oxygens (including phenoxy) is 1. The maximum atomic E-state index is 12.6. The molecule has 1 amide bonds. The fraction of sp³-hybridized carbons (Fsp3) is 0.208. The first-order valence-electron chi connectivity index (χ1n) is 9.90. The lowest BCUT2D eigenvalue weighted by molar-refractivity contribution is 0.0773. The van der Waals surface area contributed by atoms with Crippen molar-refractivity contribution in [3.05, 3.63) is 89.5 Å². The van der Waals surface area contributed by atoms with Gasteiger partial charge in [-0.05, 0) is 67.4 Å². The van der Waals surface area contributed by atoms with E-state index in [1.807, 2.05) is 50.2 Å². The fourth-order valence-electron chi connectivity index (χ4n) is 3.00. The van der Waals surface area contributed by atoms with Gasteiger partial charge in [0.15, 0.2) is 0 Å². The molecule has 6 nitrogen and oxygen atoms in total. The number of aryl methyl sites for hydroxylation is 2. The topological polar surface area (TPSA) is 75.7 Å². The van der Waals surface area contributed by atoms with E-state index in [1.165, 1.54) is 24.3 Å². The Balaban J connectivity index is 1.60. The molecular formula is C24H26N2O4S. The van der Waals surface area contributed by atoms with Gasteiger partial charge in [0.05, 0.1) is 17.1 Å². The van der Waals surface area contributed by atoms with Crippen LogP contribution in [0.3, 0.4) is 0 Å². The zero-order chi connectivity index (χ0) is 22.4. The number of carbonyl (C=O) groups is 1. The van der Waals surface area contributed by atoms with E-state index in [1.54, 1.807) is 24.1 Å². The van der Waals surface area contributed by atoms with Crippen molar-refractivity contribution in [2.75, 3.05) is 24.9 Å². The normalized spacial score (nSPS) is 11.1. The minimum absolute atomic E-state index is 0.0951. The molecule has 0 aromatic heterocycles. The lowest BCUT2D eigenvalue weighted by Crippen LogP contribution is -2.30. The number of rotatable bonds is 8. The molecule has 31 heavy (non-hydrogen) atoms. The number of carbonyl (C=O) groups excluding carboxylic acids is 1. The van der Waals surface area contributed by atoms with Gasteiger partial charge in [-0.2, -0.15) is 0 Å². The Hall–Kier alpha value is -3.32. The predicted molar refractivity (Wildman–Crippen MR) is 122 cm³/mol. The van der Waals surface area contributed by atoms with E-state index in [0.29, 0.717) is 24.4 Å². The Morgan fingerprint density at radius 1 is 0.968 bits per heavy atom. The number of hydrogen-bond acceptors (Lipinski definition) is 4. The average molecular weight is 439 g/mol. The van der Waals surface area contributed by atoms with Crippen molar-refractivity contribution in [3.63, 3.8) is 0 Å². The molecule has 0 aliphatic rings. The van der Waals surface area contributed by atoms with Crippen LogP contribution in [0.2, 0.25) is 0 Å². The van der Waals surface area contributed by atoms with Gasteiger partial charge >= 0.3 is 0 Å². The van der Waals surface area contributed by atoms with Crippen LogP contribution in [-0.4, -0.2) is 39.4 Å². The maximum Gasteiger partial charge on any atom is 0.261 e. The lowest BCUT2D eigenvalue weighted by atomic mass is 10.2. The molecule has 0 heterocycles. The first-order chi connectivity index (χ1) is 14.8. The minimum Gasteiger partial charge on any atom is -0.492 e. The van der Waals surface area contributed by atoms with E-state index < -0.39 is 10.0 Å². The van der Waals surface area contributed by atoms with Crippen molar-refractivity contribution in [1.29, 1.82) is 0 Å². The molecule has 3 rings (SSSR count). The quantitative estimate of drug-likeness (QED) is 0.570. The number of benzene rings is 3. The summed E-state index contributed by atoms with van der Waals surface area (Å²) in [6, 6.07) is 20.8. The molecule has 0 saturated heterocycles. The number of sulfonamides is 1. The van der Waals surface area contributed by atoms with Gasteiger partial charge in [-0.3, -0.25) is 9.52 Å². The maximum absolute atomic E-state index is 12.6. The second kappa shape index (κ2) is 9.66. The summed E-state index contributed by atoms with van der Waals surface area (Å²) in [7, 11) is -2.05. The highest BCUT2D eigenvalue weighted by Crippen LogP contribution is 2.20. The van der Waals surface area contributed by atoms with Gasteiger partial charge in [-0.1, -0.05) is 30.3 Å². The Morgan fingerprint density at radius 3 is 2.35 bits per heavy atom. The highest BCUT2D eigenvalue weighted by Gasteiger charge is 2.17. The fourth-order valence-corrected chi connectivity index (χ4v) is 4.13. The molecule has 0 aliphatic heterocycles. The lowest BCUT2D eigenvalue weighted by Gasteiger charge is -2.18. The zero-order valence-corrected chi connectivity index (χ0v) is 18.6. The third-order valence-electron chi connectivity index (χ3n) is 4.83. The van der Waals surface area contributed by atoms with Crippen LogP contribution in [0.4, 0.5) is 5.69 Å². The largest absolute Gasteiger partial charge is 0.492 e. The second-order valence-corrected chi connectivity index (χ2v) is 9.02. The van der Waals surface area contributed by atoms with Crippen molar-refractivity contribution in [1.82, 2.24) is 4.90 Å². The van der Waals surface area contributed by atoms with E-state index in [4.69, 9.17) is 4.74 Å². The van der Waals surface area contributed by atoms with Gasteiger partial charge in [0.2, 0.25) is 0 Å². The summed E-state index contributed by atoms with van der Waals surface area (Å²) in [6.07, 6.45) is 0. The van der Waals surface area contributed by atoms with Gasteiger partial charge in [0.1, 0.15) is 12.4 Å². The molecule has 0 atom stereocenters. The summed E-state index contributed by atoms with van der Waals surface area (Å²) < 4.78 is 33.6. The Kier molecular flexibility index (Phi) is 6.97. The molecule has 162 valence electrons. The number of anilines is 1. The number of amides is 1. The van der Waals surface area contributed by atoms with E-state index in [2.05, 4.69) is 4.72 Å². The van der Waals surface area contributed by atoms with Crippen LogP contribution in [0.25, 0.3) is 0 Å². The number of para-hydroxylation sites is 1. The van der Waals surface area contributed by atoms with Crippen LogP contribution >= 0.6 is 0 Å². The molecule has 1 N–H and O–H groups in total. The molecule has 0 unspecified atom stereocenters. The van der Waals surface area contributed by atoms with Gasteiger partial charge in [-0.15, -0.1) is 0 Å². The van der Waals surface area contributed by atoms with E-state index in [9.17, 15) is 13.2 Å². The predicted octanol–water partition coefficient (Wildman–Crippen LogP) is 4.26. The zero-order valence-electron chi connectivity index (χ0n) is 17.8. The molecule has 0 radical (unpaired) electrons. The third kappa shape index (κ3) is 5.86. The summed E-state index contributed by atoms with van der Waals surface area (Å²) in [5.41, 5.74) is 2.87. The summed E-state index contributed by atoms with van der Waals surface area (Å²) in [4.78, 5) is 14.3. The first kappa shape index (κ1) is 22.4. The van der Waals surface area contributed by atoms with Gasteiger partial charge in [0.25, 0.3) is 15.9 Å². The van der Waals surface area contributed by atoms with Crippen LogP contribution in [0.15, 0.2) is 77.7 Å². The van der Waals surface area contributed by atoms with Crippen molar-refractivity contribution in [3.8, 4) is 5.75 Å². The SMILES string of the molecule is Cc1cccc(OCCN(C)C(=O)c2ccc(S(=O)(=O)Nc3ccccc3C)cc2)c1. The first-order valence-corrected chi connectivity index (χ1v) is 11.4. The summed E-state index contributed by atoms with van der Waals surface area (Å²) in [6.45, 7) is 4.58. The molecule has 3 aromatic carbocycles. The van der Waals surface area contributed by atoms with Crippen LogP contribution in [0.5, 0.6) is 5.75 Å². The number of nitrogens with one attached hydrogen (secondary N) is 1. The van der Waals surface area contributed by atoms with Gasteiger partial charge < -0.3 is 9.64 Å². The number of nitrogens with zero attached hydrogens (tertiary/aromatic N) is 1. The number of likely N-dealkylation sites (N-methyl/N-ethyl adjacent to an activating group) is 1. The van der Waals surface area contributed by atoms with Crippen LogP contribution in [0.1, 0.15) is 21.5 Å². The Labute approximate surface area is 183 Å². The molecule has 0 spiro atoms. The molecular weight excluding hydrogens is 412 g/mol. The summed E-state index contributed by atoms with van der Waals surface area (Å²) >= 11 is 0. The van der Waals surface area contributed by atoms with Crippen LogP contribution < -0.4 is 9.46 Å². The molecule has 0 saturated carbocycles. The monoisotopic (exact) mass is 438 g/mol. The highest BCUT2D eigenvalue weighted by atomic mass is 32.2. The molecule has 3 aromatic rings. The Morgan fingerprint density at radius 2 is 1.68 bits per heavy atom. The van der Waals surface area contributed by atoms with Crippen molar-refractivity contribution in [2.24, 2.45) is 0 Å². The average Bonchev–Trinajstić information content (AvgIpc) is 2.75. The standard InChI is InChI=1S/C24H26N2O4S/c1-18-7-6-9-21(17-18)30-16-15-26(3)24(27)20-11-13-22(14-12-20)31(28,29)25-23-10-5-4-8-19(23)2/h4-14,17,25H,15-16H2,1-3H3. The third-order valence-corrected chi connectivity index (χ3v) is 6.21. The van der Waals surface area contributed by atoms with Crippen LogP contribution in [-0.2, 0) is 10.0 Å². The minimum atomic E-state index is -3.74. The highest BCUT2D eigenvalue weighted by molar-refractivity contribution is 7.92. The van der Waals surface area contributed by atoms with E-state index in [0.717, 1.165) is 16.9 Å². The van der Waals surface area contributed by atoms with Gasteiger partial charge in [-0.25, -0.2) is 8.42 Å². The van der Waals surface area contributed by atoms with Crippen LogP contribution in [0, 0.1) is 13.8 Å². The smallest absolute Gasteiger partial charge is 0.261 e. The molecule has 7 heteroatoms. The summed E-state index contributed by atoms with van der Waals surface area (Å²) in [5, 5.41) is 0. The second-order valence-electron chi connectivity index (χ2n) is 7.34. The van der Waals surface area contributed by atoms with E-state index in [-0.39, 0.29) is 10.8 Å². The van der Waals surface area contributed by atoms with Crippen molar-refractivity contribution < 1.29 is 17.9 Å². The van der Waals surface area contributed by atoms with Crippen molar-refractivity contribution >= 4 is 21.6 Å². The molecule has 0 bridgehead atoms. The molecule has 0 aliphatic carbocycles. The Bertz CT molecular complexity index is 1160. The molecule has 0 fully saturated rings. The van der Waals surface area contributed by atoms with E-state index >= 15 is 0 Å². The number of hydrogen-bond donors (Lipinski definition) is 1.